The molecule has 1 saturated carbocycles. The molecule has 0 spiro atoms. The predicted octanol–water partition coefficient (Wildman–Crippen LogP) is 4.20. The van der Waals surface area contributed by atoms with Crippen molar-refractivity contribution in [3.8, 4) is 0 Å². The summed E-state index contributed by atoms with van der Waals surface area (Å²) < 4.78 is 0. The molecule has 3 aromatic carbocycles. The van der Waals surface area contributed by atoms with Gasteiger partial charge in [-0.2, -0.15) is 0 Å². The zero-order valence-corrected chi connectivity index (χ0v) is 18.0. The predicted molar refractivity (Wildman–Crippen MR) is 125 cm³/mol. The smallest absolute Gasteiger partial charge is 0.261 e. The number of hydrogen-bond donors (Lipinski definition) is 2. The second kappa shape index (κ2) is 8.50. The highest BCUT2D eigenvalue weighted by molar-refractivity contribution is 6.25. The molecule has 3 aromatic rings. The first-order valence-corrected chi connectivity index (χ1v) is 11.1. The maximum Gasteiger partial charge on any atom is 0.261 e. The third-order valence-corrected chi connectivity index (χ3v) is 6.00. The summed E-state index contributed by atoms with van der Waals surface area (Å²) in [7, 11) is 0. The maximum atomic E-state index is 12.9. The first kappa shape index (κ1) is 20.9. The zero-order valence-electron chi connectivity index (χ0n) is 18.0. The van der Waals surface area contributed by atoms with Gasteiger partial charge in [0.1, 0.15) is 0 Å². The largest absolute Gasteiger partial charge is 0.326 e. The van der Waals surface area contributed by atoms with Crippen molar-refractivity contribution in [3.63, 3.8) is 0 Å². The van der Waals surface area contributed by atoms with E-state index in [4.69, 9.17) is 0 Å². The molecule has 0 atom stereocenters. The number of benzene rings is 3. The summed E-state index contributed by atoms with van der Waals surface area (Å²) in [5.74, 6) is -0.776. The van der Waals surface area contributed by atoms with Crippen LogP contribution in [0.25, 0.3) is 10.8 Å². The highest BCUT2D eigenvalue weighted by Gasteiger charge is 2.32. The number of carbonyl (C=O) groups is 4. The first-order chi connectivity index (χ1) is 16.0. The number of imide groups is 1. The van der Waals surface area contributed by atoms with Gasteiger partial charge in [0, 0.05) is 46.8 Å². The summed E-state index contributed by atoms with van der Waals surface area (Å²) in [4.78, 5) is 51.4. The van der Waals surface area contributed by atoms with Gasteiger partial charge >= 0.3 is 0 Å². The van der Waals surface area contributed by atoms with Crippen LogP contribution in [-0.2, 0) is 9.59 Å². The van der Waals surface area contributed by atoms with Crippen molar-refractivity contribution in [3.05, 3.63) is 71.8 Å². The number of carbonyl (C=O) groups excluding carboxylic acids is 4. The van der Waals surface area contributed by atoms with Gasteiger partial charge in [-0.05, 0) is 55.0 Å². The topological polar surface area (TPSA) is 95.6 Å². The second-order valence-corrected chi connectivity index (χ2v) is 8.47. The van der Waals surface area contributed by atoms with E-state index in [1.165, 1.54) is 4.90 Å². The molecule has 1 aliphatic heterocycles. The lowest BCUT2D eigenvalue weighted by Crippen LogP contribution is -2.41. The monoisotopic (exact) mass is 441 g/mol. The normalized spacial score (nSPS) is 15.0. The Hall–Kier alpha value is -4.00. The molecule has 7 nitrogen and oxygen atoms in total. The Morgan fingerprint density at radius 1 is 0.848 bits per heavy atom. The number of rotatable bonds is 7. The van der Waals surface area contributed by atoms with Crippen molar-refractivity contribution in [1.29, 1.82) is 0 Å². The standard InChI is InChI=1S/C26H23N3O4/c30-22(27-18-7-3-8-19(15-18)28-24(31)17-12-13-17)11-4-14-29-25(32)20-9-1-5-16-6-2-10-21(23(16)20)26(29)33/h1-3,5-10,15,17H,4,11-14H2,(H,27,30)(H,28,31). The number of nitrogens with zero attached hydrogens (tertiary/aromatic N) is 1. The molecule has 0 bridgehead atoms. The molecule has 0 unspecified atom stereocenters. The quantitative estimate of drug-likeness (QED) is 0.537. The van der Waals surface area contributed by atoms with E-state index in [9.17, 15) is 19.2 Å². The molecule has 0 aromatic heterocycles. The van der Waals surface area contributed by atoms with Gasteiger partial charge in [-0.3, -0.25) is 24.1 Å². The minimum Gasteiger partial charge on any atom is -0.326 e. The van der Waals surface area contributed by atoms with Crippen molar-refractivity contribution in [2.45, 2.75) is 25.7 Å². The number of anilines is 2. The second-order valence-electron chi connectivity index (χ2n) is 8.47. The first-order valence-electron chi connectivity index (χ1n) is 11.1. The van der Waals surface area contributed by atoms with Crippen molar-refractivity contribution in [2.75, 3.05) is 17.2 Å². The highest BCUT2D eigenvalue weighted by Crippen LogP contribution is 2.31. The van der Waals surface area contributed by atoms with E-state index in [1.54, 1.807) is 36.4 Å². The van der Waals surface area contributed by atoms with E-state index in [0.717, 1.165) is 18.2 Å². The molecule has 33 heavy (non-hydrogen) atoms. The van der Waals surface area contributed by atoms with Crippen molar-refractivity contribution in [1.82, 2.24) is 4.90 Å². The summed E-state index contributed by atoms with van der Waals surface area (Å²) in [6.07, 6.45) is 2.34. The molecule has 0 radical (unpaired) electrons. The van der Waals surface area contributed by atoms with E-state index in [-0.39, 0.29) is 42.5 Å². The van der Waals surface area contributed by atoms with Crippen LogP contribution in [0.1, 0.15) is 46.4 Å². The van der Waals surface area contributed by atoms with Gasteiger partial charge in [0.25, 0.3) is 11.8 Å². The molecule has 166 valence electrons. The lowest BCUT2D eigenvalue weighted by atomic mass is 9.94. The Morgan fingerprint density at radius 3 is 2.09 bits per heavy atom. The van der Waals surface area contributed by atoms with E-state index < -0.39 is 0 Å². The number of nitrogens with one attached hydrogen (secondary N) is 2. The van der Waals surface area contributed by atoms with Crippen LogP contribution in [0.15, 0.2) is 60.7 Å². The van der Waals surface area contributed by atoms with E-state index in [2.05, 4.69) is 10.6 Å². The molecule has 1 aliphatic carbocycles. The van der Waals surface area contributed by atoms with Crippen LogP contribution in [-0.4, -0.2) is 35.1 Å². The fourth-order valence-electron chi connectivity index (χ4n) is 4.17. The fourth-order valence-corrected chi connectivity index (χ4v) is 4.17. The average molecular weight is 441 g/mol. The molecule has 1 fully saturated rings. The molecule has 0 saturated heterocycles. The van der Waals surface area contributed by atoms with Gasteiger partial charge in [0.15, 0.2) is 0 Å². The minimum atomic E-state index is -0.330. The third kappa shape index (κ3) is 4.22. The zero-order chi connectivity index (χ0) is 22.9. The molecule has 5 rings (SSSR count). The summed E-state index contributed by atoms with van der Waals surface area (Å²) in [5, 5.41) is 7.23. The van der Waals surface area contributed by atoms with E-state index in [1.807, 2.05) is 24.3 Å². The Bertz CT molecular complexity index is 1240. The van der Waals surface area contributed by atoms with Crippen LogP contribution in [0.4, 0.5) is 11.4 Å². The van der Waals surface area contributed by atoms with Crippen molar-refractivity contribution < 1.29 is 19.2 Å². The minimum absolute atomic E-state index is 0.00612. The van der Waals surface area contributed by atoms with Crippen LogP contribution in [0.2, 0.25) is 0 Å². The van der Waals surface area contributed by atoms with E-state index >= 15 is 0 Å². The summed E-state index contributed by atoms with van der Waals surface area (Å²) in [6, 6.07) is 17.9. The van der Waals surface area contributed by atoms with Gasteiger partial charge in [0.2, 0.25) is 11.8 Å². The fraction of sp³-hybridized carbons (Fsp3) is 0.231. The van der Waals surface area contributed by atoms with Crippen LogP contribution in [0, 0.1) is 5.92 Å². The van der Waals surface area contributed by atoms with Crippen LogP contribution < -0.4 is 10.6 Å². The number of amides is 4. The summed E-state index contributed by atoms with van der Waals surface area (Å²) in [5.41, 5.74) is 2.25. The molecule has 4 amide bonds. The Kier molecular flexibility index (Phi) is 5.38. The third-order valence-electron chi connectivity index (χ3n) is 6.00. The molecule has 1 heterocycles. The highest BCUT2D eigenvalue weighted by atomic mass is 16.2. The summed E-state index contributed by atoms with van der Waals surface area (Å²) in [6.45, 7) is 0.160. The molecular weight excluding hydrogens is 418 g/mol. The lowest BCUT2D eigenvalue weighted by Gasteiger charge is -2.27. The van der Waals surface area contributed by atoms with Crippen molar-refractivity contribution in [2.24, 2.45) is 5.92 Å². The van der Waals surface area contributed by atoms with Crippen LogP contribution in [0.3, 0.4) is 0 Å². The Morgan fingerprint density at radius 2 is 1.45 bits per heavy atom. The molecule has 2 N–H and O–H groups in total. The van der Waals surface area contributed by atoms with Gasteiger partial charge in [0.05, 0.1) is 0 Å². The average Bonchev–Trinajstić information content (AvgIpc) is 3.65. The Balaban J connectivity index is 1.19. The van der Waals surface area contributed by atoms with Gasteiger partial charge in [-0.15, -0.1) is 0 Å². The molecular formula is C26H23N3O4. The Labute approximate surface area is 190 Å². The van der Waals surface area contributed by atoms with Crippen LogP contribution >= 0.6 is 0 Å². The van der Waals surface area contributed by atoms with Crippen LogP contribution in [0.5, 0.6) is 0 Å². The number of hydrogen-bond acceptors (Lipinski definition) is 4. The SMILES string of the molecule is O=C(CCCN1C(=O)c2cccc3cccc(c23)C1=O)Nc1cccc(NC(=O)C2CC2)c1. The van der Waals surface area contributed by atoms with Gasteiger partial charge < -0.3 is 10.6 Å². The van der Waals surface area contributed by atoms with Gasteiger partial charge in [-0.25, -0.2) is 0 Å². The lowest BCUT2D eigenvalue weighted by molar-refractivity contribution is -0.117. The molecule has 7 heteroatoms. The van der Waals surface area contributed by atoms with Gasteiger partial charge in [-0.1, -0.05) is 30.3 Å². The molecule has 2 aliphatic rings. The van der Waals surface area contributed by atoms with Crippen molar-refractivity contribution >= 4 is 45.8 Å². The summed E-state index contributed by atoms with van der Waals surface area (Å²) >= 11 is 0. The maximum absolute atomic E-state index is 12.9. The van der Waals surface area contributed by atoms with E-state index in [0.29, 0.717) is 34.3 Å².